The van der Waals surface area contributed by atoms with Crippen LogP contribution in [0, 0.1) is 12.8 Å². The number of rotatable bonds is 5. The Hall–Kier alpha value is -2.19. The first-order valence-electron chi connectivity index (χ1n) is 10.6. The maximum atomic E-state index is 12.7. The van der Waals surface area contributed by atoms with Crippen molar-refractivity contribution in [1.82, 2.24) is 9.88 Å². The van der Waals surface area contributed by atoms with E-state index in [1.165, 1.54) is 16.5 Å². The molecule has 1 saturated heterocycles. The van der Waals surface area contributed by atoms with Crippen LogP contribution in [0.5, 0.6) is 0 Å². The molecule has 0 radical (unpaired) electrons. The number of methoxy groups -OCH3 is 1. The Balaban J connectivity index is 1.43. The molecule has 2 heterocycles. The van der Waals surface area contributed by atoms with Crippen LogP contribution in [0.15, 0.2) is 53.6 Å². The number of hydrogen-bond acceptors (Lipinski definition) is 5. The predicted molar refractivity (Wildman–Crippen MR) is 120 cm³/mol. The SMILES string of the molecule is CO[C@]12C[C@H](COS(=O)(=O)c3ccc(C)cc3)CN(C)[C@@H]1Cc1c[nH]c3cccc2c13. The maximum Gasteiger partial charge on any atom is 0.296 e. The Bertz CT molecular complexity index is 1220. The van der Waals surface area contributed by atoms with E-state index in [0.29, 0.717) is 6.42 Å². The van der Waals surface area contributed by atoms with E-state index < -0.39 is 15.7 Å². The van der Waals surface area contributed by atoms with Crippen LogP contribution in [0.1, 0.15) is 23.1 Å². The molecule has 1 aromatic heterocycles. The molecule has 0 amide bonds. The fourth-order valence-electron chi connectivity index (χ4n) is 5.51. The Morgan fingerprint density at radius 1 is 1.19 bits per heavy atom. The molecule has 6 nitrogen and oxygen atoms in total. The van der Waals surface area contributed by atoms with E-state index >= 15 is 0 Å². The minimum absolute atomic E-state index is 0.0252. The topological polar surface area (TPSA) is 71.6 Å². The first kappa shape index (κ1) is 20.7. The highest BCUT2D eigenvalue weighted by Gasteiger charge is 2.51. The number of aryl methyl sites for hydroxylation is 1. The summed E-state index contributed by atoms with van der Waals surface area (Å²) in [5.74, 6) is 0.0252. The standard InChI is InChI=1S/C24H28N2O4S/c1-16-7-9-19(10-8-16)31(27,28)30-15-17-12-24(29-3)20-5-4-6-21-23(20)18(13-25-21)11-22(24)26(2)14-17/h4-10,13,17,22,25H,11-12,14-15H2,1-3H3/t17-,22+,24-/m0/s1. The lowest BCUT2D eigenvalue weighted by molar-refractivity contribution is -0.129. The lowest BCUT2D eigenvalue weighted by Gasteiger charge is -2.53. The van der Waals surface area contributed by atoms with Crippen molar-refractivity contribution >= 4 is 21.0 Å². The van der Waals surface area contributed by atoms with Crippen LogP contribution in [-0.4, -0.2) is 51.7 Å². The molecule has 0 saturated carbocycles. The number of fused-ring (bicyclic) bond motifs is 2. The van der Waals surface area contributed by atoms with Gasteiger partial charge in [0.1, 0.15) is 5.60 Å². The third-order valence-electron chi connectivity index (χ3n) is 7.00. The average molecular weight is 441 g/mol. The summed E-state index contributed by atoms with van der Waals surface area (Å²) in [5.41, 5.74) is 4.12. The van der Waals surface area contributed by atoms with Gasteiger partial charge in [-0.15, -0.1) is 0 Å². The number of piperidine rings is 1. The fraction of sp³-hybridized carbons (Fsp3) is 0.417. The molecule has 0 bridgehead atoms. The monoisotopic (exact) mass is 440 g/mol. The molecule has 31 heavy (non-hydrogen) atoms. The van der Waals surface area contributed by atoms with Crippen LogP contribution in [0.4, 0.5) is 0 Å². The van der Waals surface area contributed by atoms with Crippen LogP contribution in [0.25, 0.3) is 10.9 Å². The summed E-state index contributed by atoms with van der Waals surface area (Å²) in [4.78, 5) is 5.88. The molecule has 3 aromatic rings. The summed E-state index contributed by atoms with van der Waals surface area (Å²) >= 11 is 0. The molecule has 164 valence electrons. The van der Waals surface area contributed by atoms with Crippen LogP contribution >= 0.6 is 0 Å². The van der Waals surface area contributed by atoms with Gasteiger partial charge in [0.2, 0.25) is 0 Å². The minimum Gasteiger partial charge on any atom is -0.372 e. The van der Waals surface area contributed by atoms with Gasteiger partial charge >= 0.3 is 0 Å². The molecule has 1 aliphatic heterocycles. The quantitative estimate of drug-likeness (QED) is 0.614. The molecule has 1 aliphatic carbocycles. The summed E-state index contributed by atoms with van der Waals surface area (Å²) in [7, 11) is 0.0674. The number of aromatic nitrogens is 1. The maximum absolute atomic E-state index is 12.7. The van der Waals surface area contributed by atoms with E-state index in [9.17, 15) is 8.42 Å². The van der Waals surface area contributed by atoms with Crippen molar-refractivity contribution in [3.8, 4) is 0 Å². The Morgan fingerprint density at radius 3 is 2.71 bits per heavy atom. The lowest BCUT2D eigenvalue weighted by atomic mass is 9.69. The van der Waals surface area contributed by atoms with Crippen molar-refractivity contribution in [2.75, 3.05) is 27.3 Å². The van der Waals surface area contributed by atoms with Gasteiger partial charge in [-0.3, -0.25) is 9.08 Å². The van der Waals surface area contributed by atoms with Crippen molar-refractivity contribution in [3.63, 3.8) is 0 Å². The summed E-state index contributed by atoms with van der Waals surface area (Å²) in [6.45, 7) is 2.82. The average Bonchev–Trinajstić information content (AvgIpc) is 3.18. The minimum atomic E-state index is -3.79. The highest BCUT2D eigenvalue weighted by molar-refractivity contribution is 7.86. The molecule has 0 unspecified atom stereocenters. The third-order valence-corrected chi connectivity index (χ3v) is 8.29. The summed E-state index contributed by atoms with van der Waals surface area (Å²) in [5, 5.41) is 1.24. The van der Waals surface area contributed by atoms with Gasteiger partial charge in [-0.25, -0.2) is 0 Å². The molecule has 1 N–H and O–H groups in total. The van der Waals surface area contributed by atoms with Gasteiger partial charge in [0, 0.05) is 36.8 Å². The molecule has 5 rings (SSSR count). The van der Waals surface area contributed by atoms with Gasteiger partial charge in [0.05, 0.1) is 11.5 Å². The van der Waals surface area contributed by atoms with Crippen molar-refractivity contribution in [1.29, 1.82) is 0 Å². The molecular formula is C24H28N2O4S. The van der Waals surface area contributed by atoms with Gasteiger partial charge in [0.15, 0.2) is 0 Å². The van der Waals surface area contributed by atoms with E-state index in [-0.39, 0.29) is 23.5 Å². The normalized spacial score (nSPS) is 26.2. The summed E-state index contributed by atoms with van der Waals surface area (Å²) < 4.78 is 37.2. The predicted octanol–water partition coefficient (Wildman–Crippen LogP) is 3.60. The number of nitrogens with one attached hydrogen (secondary N) is 1. The molecule has 1 fully saturated rings. The van der Waals surface area contributed by atoms with Crippen molar-refractivity contribution in [2.24, 2.45) is 5.92 Å². The van der Waals surface area contributed by atoms with Crippen LogP contribution in [0.2, 0.25) is 0 Å². The Kier molecular flexibility index (Phi) is 4.97. The summed E-state index contributed by atoms with van der Waals surface area (Å²) in [6, 6.07) is 13.3. The molecule has 0 spiro atoms. The van der Waals surface area contributed by atoms with Crippen LogP contribution in [-0.2, 0) is 31.1 Å². The second-order valence-electron chi connectivity index (χ2n) is 8.92. The molecule has 2 aliphatic rings. The van der Waals surface area contributed by atoms with E-state index in [4.69, 9.17) is 8.92 Å². The molecule has 3 atom stereocenters. The first-order valence-corrected chi connectivity index (χ1v) is 12.1. The largest absolute Gasteiger partial charge is 0.372 e. The first-order chi connectivity index (χ1) is 14.8. The zero-order valence-corrected chi connectivity index (χ0v) is 18.9. The van der Waals surface area contributed by atoms with Crippen molar-refractivity contribution in [2.45, 2.75) is 36.3 Å². The number of likely N-dealkylation sites (tertiary alicyclic amines) is 1. The van der Waals surface area contributed by atoms with Crippen molar-refractivity contribution < 1.29 is 17.3 Å². The smallest absolute Gasteiger partial charge is 0.296 e. The number of H-pyrrole nitrogens is 1. The lowest BCUT2D eigenvalue weighted by Crippen LogP contribution is -2.59. The van der Waals surface area contributed by atoms with Crippen LogP contribution in [0.3, 0.4) is 0 Å². The number of likely N-dealkylation sites (N-methyl/N-ethyl adjacent to an activating group) is 1. The second kappa shape index (κ2) is 7.45. The molecule has 7 heteroatoms. The van der Waals surface area contributed by atoms with E-state index in [1.807, 2.05) is 6.92 Å². The zero-order chi connectivity index (χ0) is 21.8. The highest BCUT2D eigenvalue weighted by Crippen LogP contribution is 2.49. The van der Waals surface area contributed by atoms with E-state index in [1.54, 1.807) is 31.4 Å². The number of benzene rings is 2. The number of hydrogen-bond donors (Lipinski definition) is 1. The van der Waals surface area contributed by atoms with Gasteiger partial charge in [-0.2, -0.15) is 8.42 Å². The van der Waals surface area contributed by atoms with Gasteiger partial charge in [0.25, 0.3) is 10.1 Å². The molecular weight excluding hydrogens is 412 g/mol. The fourth-order valence-corrected chi connectivity index (χ4v) is 6.48. The zero-order valence-electron chi connectivity index (χ0n) is 18.1. The van der Waals surface area contributed by atoms with Crippen molar-refractivity contribution in [3.05, 3.63) is 65.4 Å². The number of aromatic amines is 1. The Labute approximate surface area is 183 Å². The second-order valence-corrected chi connectivity index (χ2v) is 10.5. The highest BCUT2D eigenvalue weighted by atomic mass is 32.2. The Morgan fingerprint density at radius 2 is 1.97 bits per heavy atom. The number of nitrogens with zero attached hydrogens (tertiary/aromatic N) is 1. The van der Waals surface area contributed by atoms with Gasteiger partial charge < -0.3 is 9.72 Å². The van der Waals surface area contributed by atoms with Gasteiger partial charge in [-0.1, -0.05) is 29.8 Å². The van der Waals surface area contributed by atoms with E-state index in [2.05, 4.69) is 41.3 Å². The number of ether oxygens (including phenoxy) is 1. The van der Waals surface area contributed by atoms with E-state index in [0.717, 1.165) is 24.0 Å². The summed E-state index contributed by atoms with van der Waals surface area (Å²) in [6.07, 6.45) is 3.72. The molecule has 2 aromatic carbocycles. The van der Waals surface area contributed by atoms with Gasteiger partial charge in [-0.05, 0) is 62.1 Å². The van der Waals surface area contributed by atoms with Crippen LogP contribution < -0.4 is 0 Å². The third kappa shape index (κ3) is 3.31.